The van der Waals surface area contributed by atoms with Crippen LogP contribution in [0.5, 0.6) is 0 Å². The molecule has 1 heterocycles. The third-order valence-corrected chi connectivity index (χ3v) is 5.86. The summed E-state index contributed by atoms with van der Waals surface area (Å²) in [5.74, 6) is -0.596. The van der Waals surface area contributed by atoms with Gasteiger partial charge in [-0.25, -0.2) is 8.78 Å². The van der Waals surface area contributed by atoms with E-state index in [9.17, 15) is 13.6 Å². The molecule has 0 aliphatic carbocycles. The van der Waals surface area contributed by atoms with Gasteiger partial charge in [-0.05, 0) is 62.2 Å². The molecule has 0 N–H and O–H groups in total. The highest BCUT2D eigenvalue weighted by Gasteiger charge is 2.30. The molecule has 31 heavy (non-hydrogen) atoms. The van der Waals surface area contributed by atoms with Crippen LogP contribution in [0.3, 0.4) is 0 Å². The van der Waals surface area contributed by atoms with Gasteiger partial charge in [0, 0.05) is 42.5 Å². The average molecular weight is 421 g/mol. The van der Waals surface area contributed by atoms with Gasteiger partial charge in [0.25, 0.3) is 5.91 Å². The standard InChI is InChI=1S/C26H26F2N2O/c1-19-5-4-7-20(17-19)26(31)30(23-11-9-22(27)10-12-23)24-13-15-29(16-14-24)18-21-6-2-3-8-25(21)28/h2-12,17,24H,13-16,18H2,1H3. The molecule has 4 rings (SSSR count). The van der Waals surface area contributed by atoms with Crippen LogP contribution in [0.2, 0.25) is 0 Å². The Balaban J connectivity index is 1.53. The molecule has 0 spiro atoms. The Morgan fingerprint density at radius 2 is 1.68 bits per heavy atom. The molecule has 0 aromatic heterocycles. The molecule has 0 saturated carbocycles. The summed E-state index contributed by atoms with van der Waals surface area (Å²) in [6.07, 6.45) is 1.53. The van der Waals surface area contributed by atoms with E-state index in [1.54, 1.807) is 23.1 Å². The van der Waals surface area contributed by atoms with Crippen molar-refractivity contribution in [3.05, 3.63) is 101 Å². The molecular weight excluding hydrogens is 394 g/mol. The Bertz CT molecular complexity index is 1040. The van der Waals surface area contributed by atoms with E-state index >= 15 is 0 Å². The maximum atomic E-state index is 14.0. The molecular formula is C26H26F2N2O. The maximum absolute atomic E-state index is 14.0. The molecule has 1 aliphatic heterocycles. The summed E-state index contributed by atoms with van der Waals surface area (Å²) in [6, 6.07) is 20.5. The summed E-state index contributed by atoms with van der Waals surface area (Å²) in [6.45, 7) is 4.04. The van der Waals surface area contributed by atoms with Gasteiger partial charge in [0.2, 0.25) is 0 Å². The molecule has 3 nitrogen and oxygen atoms in total. The molecule has 0 atom stereocenters. The number of hydrogen-bond acceptors (Lipinski definition) is 2. The third-order valence-electron chi connectivity index (χ3n) is 5.86. The highest BCUT2D eigenvalue weighted by Crippen LogP contribution is 2.27. The van der Waals surface area contributed by atoms with Crippen LogP contribution < -0.4 is 4.90 Å². The van der Waals surface area contributed by atoms with Gasteiger partial charge >= 0.3 is 0 Å². The second kappa shape index (κ2) is 9.40. The number of amides is 1. The predicted molar refractivity (Wildman–Crippen MR) is 119 cm³/mol. The van der Waals surface area contributed by atoms with Crippen molar-refractivity contribution in [2.75, 3.05) is 18.0 Å². The number of hydrogen-bond donors (Lipinski definition) is 0. The number of rotatable bonds is 5. The minimum absolute atomic E-state index is 0.00431. The molecule has 0 unspecified atom stereocenters. The third kappa shape index (κ3) is 5.00. The largest absolute Gasteiger partial charge is 0.305 e. The normalized spacial score (nSPS) is 15.1. The molecule has 1 fully saturated rings. The van der Waals surface area contributed by atoms with Crippen LogP contribution in [0.4, 0.5) is 14.5 Å². The van der Waals surface area contributed by atoms with Crippen molar-refractivity contribution in [2.45, 2.75) is 32.4 Å². The first-order valence-corrected chi connectivity index (χ1v) is 10.6. The van der Waals surface area contributed by atoms with Crippen molar-refractivity contribution in [3.63, 3.8) is 0 Å². The second-order valence-electron chi connectivity index (χ2n) is 8.12. The number of aryl methyl sites for hydroxylation is 1. The summed E-state index contributed by atoms with van der Waals surface area (Å²) >= 11 is 0. The minimum Gasteiger partial charge on any atom is -0.305 e. The Kier molecular flexibility index (Phi) is 6.42. The van der Waals surface area contributed by atoms with E-state index in [1.807, 2.05) is 43.3 Å². The van der Waals surface area contributed by atoms with Crippen LogP contribution in [-0.4, -0.2) is 29.9 Å². The molecule has 1 saturated heterocycles. The highest BCUT2D eigenvalue weighted by atomic mass is 19.1. The quantitative estimate of drug-likeness (QED) is 0.538. The average Bonchev–Trinajstić information content (AvgIpc) is 2.78. The minimum atomic E-state index is -0.327. The van der Waals surface area contributed by atoms with Gasteiger partial charge in [-0.15, -0.1) is 0 Å². The van der Waals surface area contributed by atoms with Crippen LogP contribution in [-0.2, 0) is 6.54 Å². The van der Waals surface area contributed by atoms with Crippen LogP contribution in [0.15, 0.2) is 72.8 Å². The zero-order valence-electron chi connectivity index (χ0n) is 17.6. The lowest BCUT2D eigenvalue weighted by atomic mass is 9.99. The van der Waals surface area contributed by atoms with E-state index in [0.29, 0.717) is 23.4 Å². The fourth-order valence-electron chi connectivity index (χ4n) is 4.22. The van der Waals surface area contributed by atoms with E-state index in [1.165, 1.54) is 18.2 Å². The number of nitrogens with zero attached hydrogens (tertiary/aromatic N) is 2. The number of piperidine rings is 1. The lowest BCUT2D eigenvalue weighted by Crippen LogP contribution is -2.47. The summed E-state index contributed by atoms with van der Waals surface area (Å²) in [5.41, 5.74) is 3.02. The first kappa shape index (κ1) is 21.2. The number of carbonyl (C=O) groups excluding carboxylic acids is 1. The molecule has 160 valence electrons. The van der Waals surface area contributed by atoms with Crippen molar-refractivity contribution in [1.29, 1.82) is 0 Å². The van der Waals surface area contributed by atoms with E-state index < -0.39 is 0 Å². The molecule has 0 radical (unpaired) electrons. The summed E-state index contributed by atoms with van der Waals surface area (Å²) in [7, 11) is 0. The number of anilines is 1. The van der Waals surface area contributed by atoms with Crippen molar-refractivity contribution in [2.24, 2.45) is 0 Å². The number of benzene rings is 3. The van der Waals surface area contributed by atoms with Gasteiger partial charge in [-0.1, -0.05) is 35.9 Å². The van der Waals surface area contributed by atoms with Gasteiger partial charge < -0.3 is 4.90 Å². The van der Waals surface area contributed by atoms with E-state index in [4.69, 9.17) is 0 Å². The predicted octanol–water partition coefficient (Wildman–Crippen LogP) is 5.58. The van der Waals surface area contributed by atoms with Crippen molar-refractivity contribution in [1.82, 2.24) is 4.90 Å². The molecule has 3 aromatic carbocycles. The zero-order valence-corrected chi connectivity index (χ0v) is 17.6. The topological polar surface area (TPSA) is 23.6 Å². The van der Waals surface area contributed by atoms with Gasteiger partial charge in [-0.3, -0.25) is 9.69 Å². The monoisotopic (exact) mass is 420 g/mol. The maximum Gasteiger partial charge on any atom is 0.258 e. The van der Waals surface area contributed by atoms with Crippen molar-refractivity contribution in [3.8, 4) is 0 Å². The van der Waals surface area contributed by atoms with Gasteiger partial charge in [0.15, 0.2) is 0 Å². The lowest BCUT2D eigenvalue weighted by Gasteiger charge is -2.38. The Hall–Kier alpha value is -3.05. The summed E-state index contributed by atoms with van der Waals surface area (Å²) in [4.78, 5) is 17.5. The highest BCUT2D eigenvalue weighted by molar-refractivity contribution is 6.06. The smallest absolute Gasteiger partial charge is 0.258 e. The van der Waals surface area contributed by atoms with Gasteiger partial charge in [0.05, 0.1) is 0 Å². The summed E-state index contributed by atoms with van der Waals surface area (Å²) < 4.78 is 27.5. The first-order chi connectivity index (χ1) is 15.0. The van der Waals surface area contributed by atoms with Gasteiger partial charge in [-0.2, -0.15) is 0 Å². The second-order valence-corrected chi connectivity index (χ2v) is 8.12. The van der Waals surface area contributed by atoms with Gasteiger partial charge in [0.1, 0.15) is 11.6 Å². The zero-order chi connectivity index (χ0) is 21.8. The Labute approximate surface area is 181 Å². The number of carbonyl (C=O) groups is 1. The molecule has 1 aliphatic rings. The Morgan fingerprint density at radius 3 is 2.35 bits per heavy atom. The molecule has 5 heteroatoms. The van der Waals surface area contributed by atoms with Crippen LogP contribution >= 0.6 is 0 Å². The fourth-order valence-corrected chi connectivity index (χ4v) is 4.22. The van der Waals surface area contributed by atoms with Crippen LogP contribution in [0, 0.1) is 18.6 Å². The molecule has 0 bridgehead atoms. The lowest BCUT2D eigenvalue weighted by molar-refractivity contribution is 0.0958. The molecule has 1 amide bonds. The SMILES string of the molecule is Cc1cccc(C(=O)N(c2ccc(F)cc2)C2CCN(Cc3ccccc3F)CC2)c1. The van der Waals surface area contributed by atoms with E-state index in [-0.39, 0.29) is 23.6 Å². The number of halogens is 2. The van der Waals surface area contributed by atoms with E-state index in [2.05, 4.69) is 4.90 Å². The van der Waals surface area contributed by atoms with Crippen LogP contribution in [0.25, 0.3) is 0 Å². The fraction of sp³-hybridized carbons (Fsp3) is 0.269. The van der Waals surface area contributed by atoms with E-state index in [0.717, 1.165) is 31.5 Å². The summed E-state index contributed by atoms with van der Waals surface area (Å²) in [5, 5.41) is 0. The first-order valence-electron chi connectivity index (χ1n) is 10.6. The molecule has 3 aromatic rings. The van der Waals surface area contributed by atoms with Crippen molar-refractivity contribution < 1.29 is 13.6 Å². The number of likely N-dealkylation sites (tertiary alicyclic amines) is 1. The Morgan fingerprint density at radius 1 is 0.968 bits per heavy atom. The van der Waals surface area contributed by atoms with Crippen molar-refractivity contribution >= 4 is 11.6 Å². The van der Waals surface area contributed by atoms with Crippen LogP contribution in [0.1, 0.15) is 34.3 Å².